The van der Waals surface area contributed by atoms with E-state index < -0.39 is 5.91 Å². The standard InChI is InChI=1S/C12H16N2O2/c15-12(14-16)11-4-3-9-5-7-13-6-1-2-10(9)8-11/h3-4,8,13,16H,1-2,5-7H2,(H,14,15). The summed E-state index contributed by atoms with van der Waals surface area (Å²) in [4.78, 5) is 11.3. The summed E-state index contributed by atoms with van der Waals surface area (Å²) in [5.74, 6) is -0.442. The number of amides is 1. The molecule has 0 atom stereocenters. The molecule has 0 unspecified atom stereocenters. The van der Waals surface area contributed by atoms with Gasteiger partial charge in [-0.3, -0.25) is 10.0 Å². The summed E-state index contributed by atoms with van der Waals surface area (Å²) in [6.07, 6.45) is 3.06. The molecule has 1 aliphatic rings. The molecule has 4 heteroatoms. The molecule has 1 aliphatic heterocycles. The lowest BCUT2D eigenvalue weighted by Gasteiger charge is -2.15. The lowest BCUT2D eigenvalue weighted by atomic mass is 9.96. The predicted molar refractivity (Wildman–Crippen MR) is 60.6 cm³/mol. The van der Waals surface area contributed by atoms with Gasteiger partial charge in [0.1, 0.15) is 0 Å². The number of hydrogen-bond donors (Lipinski definition) is 3. The average Bonchev–Trinajstić information content (AvgIpc) is 2.28. The predicted octanol–water partition coefficient (Wildman–Crippen LogP) is 0.884. The minimum Gasteiger partial charge on any atom is -0.316 e. The second-order valence-corrected chi connectivity index (χ2v) is 4.03. The van der Waals surface area contributed by atoms with Gasteiger partial charge in [-0.25, -0.2) is 5.48 Å². The SMILES string of the molecule is O=C(NO)c1ccc2c(c1)CCCNCC2. The van der Waals surface area contributed by atoms with Crippen molar-refractivity contribution in [2.75, 3.05) is 13.1 Å². The van der Waals surface area contributed by atoms with E-state index in [9.17, 15) is 4.79 Å². The molecule has 2 rings (SSSR count). The summed E-state index contributed by atoms with van der Waals surface area (Å²) in [5, 5.41) is 11.9. The summed E-state index contributed by atoms with van der Waals surface area (Å²) < 4.78 is 0. The number of rotatable bonds is 1. The van der Waals surface area contributed by atoms with Gasteiger partial charge in [-0.1, -0.05) is 6.07 Å². The Morgan fingerprint density at radius 1 is 1.25 bits per heavy atom. The van der Waals surface area contributed by atoms with Gasteiger partial charge in [0.15, 0.2) is 0 Å². The van der Waals surface area contributed by atoms with Crippen molar-refractivity contribution in [2.45, 2.75) is 19.3 Å². The van der Waals surface area contributed by atoms with Gasteiger partial charge in [-0.15, -0.1) is 0 Å². The van der Waals surface area contributed by atoms with Gasteiger partial charge in [0.05, 0.1) is 0 Å². The van der Waals surface area contributed by atoms with Crippen molar-refractivity contribution in [1.29, 1.82) is 0 Å². The third-order valence-corrected chi connectivity index (χ3v) is 2.94. The maximum absolute atomic E-state index is 11.3. The Labute approximate surface area is 94.6 Å². The highest BCUT2D eigenvalue weighted by molar-refractivity contribution is 5.93. The molecule has 86 valence electrons. The topological polar surface area (TPSA) is 61.4 Å². The van der Waals surface area contributed by atoms with Crippen LogP contribution in [-0.4, -0.2) is 24.2 Å². The van der Waals surface area contributed by atoms with Crippen LogP contribution in [0.2, 0.25) is 0 Å². The lowest BCUT2D eigenvalue weighted by molar-refractivity contribution is 0.0706. The summed E-state index contributed by atoms with van der Waals surface area (Å²) >= 11 is 0. The second kappa shape index (κ2) is 5.09. The zero-order valence-corrected chi connectivity index (χ0v) is 9.12. The van der Waals surface area contributed by atoms with E-state index in [0.717, 1.165) is 32.4 Å². The second-order valence-electron chi connectivity index (χ2n) is 4.03. The number of hydroxylamine groups is 1. The van der Waals surface area contributed by atoms with Crippen LogP contribution >= 0.6 is 0 Å². The number of aryl methyl sites for hydroxylation is 1. The first-order valence-corrected chi connectivity index (χ1v) is 5.58. The molecule has 1 aromatic carbocycles. The maximum Gasteiger partial charge on any atom is 0.274 e. The van der Waals surface area contributed by atoms with E-state index in [2.05, 4.69) is 5.32 Å². The zero-order valence-electron chi connectivity index (χ0n) is 9.12. The summed E-state index contributed by atoms with van der Waals surface area (Å²) in [6.45, 7) is 2.01. The Kier molecular flexibility index (Phi) is 3.54. The molecule has 0 spiro atoms. The fourth-order valence-electron chi connectivity index (χ4n) is 2.06. The number of carbonyl (C=O) groups is 1. The van der Waals surface area contributed by atoms with Crippen LogP contribution in [0.1, 0.15) is 27.9 Å². The Hall–Kier alpha value is -1.39. The quantitative estimate of drug-likeness (QED) is 0.486. The highest BCUT2D eigenvalue weighted by Crippen LogP contribution is 2.16. The largest absolute Gasteiger partial charge is 0.316 e. The van der Waals surface area contributed by atoms with Crippen molar-refractivity contribution >= 4 is 5.91 Å². The van der Waals surface area contributed by atoms with Crippen molar-refractivity contribution in [2.24, 2.45) is 0 Å². The number of hydrogen-bond acceptors (Lipinski definition) is 3. The molecule has 1 amide bonds. The maximum atomic E-state index is 11.3. The smallest absolute Gasteiger partial charge is 0.274 e. The van der Waals surface area contributed by atoms with Crippen LogP contribution in [0.5, 0.6) is 0 Å². The van der Waals surface area contributed by atoms with Crippen LogP contribution in [0.25, 0.3) is 0 Å². The van der Waals surface area contributed by atoms with E-state index in [4.69, 9.17) is 5.21 Å². The number of carbonyl (C=O) groups excluding carboxylic acids is 1. The first-order valence-electron chi connectivity index (χ1n) is 5.58. The summed E-state index contributed by atoms with van der Waals surface area (Å²) in [6, 6.07) is 5.62. The highest BCUT2D eigenvalue weighted by Gasteiger charge is 2.10. The minimum atomic E-state index is -0.442. The molecule has 0 saturated carbocycles. The van der Waals surface area contributed by atoms with Crippen molar-refractivity contribution < 1.29 is 10.0 Å². The van der Waals surface area contributed by atoms with Gasteiger partial charge in [0.25, 0.3) is 5.91 Å². The first-order chi connectivity index (χ1) is 7.81. The van der Waals surface area contributed by atoms with Crippen molar-refractivity contribution in [3.63, 3.8) is 0 Å². The molecule has 4 nitrogen and oxygen atoms in total. The van der Waals surface area contributed by atoms with E-state index in [1.165, 1.54) is 11.1 Å². The van der Waals surface area contributed by atoms with Crippen LogP contribution in [0.3, 0.4) is 0 Å². The van der Waals surface area contributed by atoms with E-state index in [1.54, 1.807) is 11.5 Å². The molecule has 3 N–H and O–H groups in total. The Morgan fingerprint density at radius 2 is 2.12 bits per heavy atom. The molecule has 1 aromatic rings. The molecule has 0 bridgehead atoms. The van der Waals surface area contributed by atoms with Gasteiger partial charge < -0.3 is 5.32 Å². The molecular weight excluding hydrogens is 204 g/mol. The molecule has 16 heavy (non-hydrogen) atoms. The average molecular weight is 220 g/mol. The van der Waals surface area contributed by atoms with Gasteiger partial charge in [-0.2, -0.15) is 0 Å². The Bertz CT molecular complexity index is 391. The van der Waals surface area contributed by atoms with Crippen LogP contribution < -0.4 is 10.8 Å². The van der Waals surface area contributed by atoms with Crippen molar-refractivity contribution in [3.05, 3.63) is 34.9 Å². The third kappa shape index (κ3) is 2.40. The molecular formula is C12H16N2O2. The van der Waals surface area contributed by atoms with Gasteiger partial charge in [0, 0.05) is 5.56 Å². The Balaban J connectivity index is 2.28. The van der Waals surface area contributed by atoms with Gasteiger partial charge in [-0.05, 0) is 55.6 Å². The van der Waals surface area contributed by atoms with Gasteiger partial charge >= 0.3 is 0 Å². The number of benzene rings is 1. The van der Waals surface area contributed by atoms with Crippen molar-refractivity contribution in [3.8, 4) is 0 Å². The molecule has 0 aromatic heterocycles. The molecule has 0 fully saturated rings. The minimum absolute atomic E-state index is 0.442. The highest BCUT2D eigenvalue weighted by atomic mass is 16.5. The Morgan fingerprint density at radius 3 is 2.94 bits per heavy atom. The van der Waals surface area contributed by atoms with E-state index >= 15 is 0 Å². The van der Waals surface area contributed by atoms with Crippen LogP contribution in [0.4, 0.5) is 0 Å². The lowest BCUT2D eigenvalue weighted by Crippen LogP contribution is -2.23. The number of nitrogens with one attached hydrogen (secondary N) is 2. The number of fused-ring (bicyclic) bond motifs is 1. The first kappa shape index (κ1) is 11.1. The molecule has 0 radical (unpaired) electrons. The van der Waals surface area contributed by atoms with Crippen LogP contribution in [0, 0.1) is 0 Å². The fraction of sp³-hybridized carbons (Fsp3) is 0.417. The molecule has 0 aliphatic carbocycles. The van der Waals surface area contributed by atoms with E-state index in [1.807, 2.05) is 12.1 Å². The molecule has 1 heterocycles. The molecule has 0 saturated heterocycles. The van der Waals surface area contributed by atoms with Crippen LogP contribution in [0.15, 0.2) is 18.2 Å². The third-order valence-electron chi connectivity index (χ3n) is 2.94. The van der Waals surface area contributed by atoms with E-state index in [-0.39, 0.29) is 0 Å². The zero-order chi connectivity index (χ0) is 11.4. The summed E-state index contributed by atoms with van der Waals surface area (Å²) in [5.41, 5.74) is 4.71. The van der Waals surface area contributed by atoms with Crippen LogP contribution in [-0.2, 0) is 12.8 Å². The van der Waals surface area contributed by atoms with Crippen molar-refractivity contribution in [1.82, 2.24) is 10.8 Å². The monoisotopic (exact) mass is 220 g/mol. The summed E-state index contributed by atoms with van der Waals surface area (Å²) in [7, 11) is 0. The fourth-order valence-corrected chi connectivity index (χ4v) is 2.06. The normalized spacial score (nSPS) is 15.8. The van der Waals surface area contributed by atoms with Gasteiger partial charge in [0.2, 0.25) is 0 Å². The van der Waals surface area contributed by atoms with E-state index in [0.29, 0.717) is 5.56 Å².